The third-order valence-electron chi connectivity index (χ3n) is 4.93. The summed E-state index contributed by atoms with van der Waals surface area (Å²) < 4.78 is 0. The highest BCUT2D eigenvalue weighted by Crippen LogP contribution is 2.25. The summed E-state index contributed by atoms with van der Waals surface area (Å²) >= 11 is 0. The van der Waals surface area contributed by atoms with Gasteiger partial charge in [-0.15, -0.1) is 24.0 Å². The van der Waals surface area contributed by atoms with Gasteiger partial charge in [-0.1, -0.05) is 19.4 Å². The summed E-state index contributed by atoms with van der Waals surface area (Å²) in [5.74, 6) is 1.51. The zero-order chi connectivity index (χ0) is 19.6. The number of halogens is 1. The maximum Gasteiger partial charge on any atom is 0.222 e. The van der Waals surface area contributed by atoms with Gasteiger partial charge in [-0.05, 0) is 32.3 Å². The number of primary amides is 1. The van der Waals surface area contributed by atoms with Crippen molar-refractivity contribution < 1.29 is 4.79 Å². The summed E-state index contributed by atoms with van der Waals surface area (Å²) in [6, 6.07) is 4.01. The van der Waals surface area contributed by atoms with Crippen molar-refractivity contribution in [3.63, 3.8) is 0 Å². The maximum atomic E-state index is 11.6. The standard InChI is InChI=1S/C20H34N6O.HI/c1-4-6-12-25(3)20(22-5-2)24-14-16-9-7-11-23-19(16)26-13-8-10-17(15-26)18(21)27;/h7,9,11,17H,4-6,8,10,12-15H2,1-3H3,(H2,21,27)(H,22,24);1H. The van der Waals surface area contributed by atoms with Gasteiger partial charge in [-0.3, -0.25) is 4.79 Å². The van der Waals surface area contributed by atoms with Crippen LogP contribution >= 0.6 is 24.0 Å². The lowest BCUT2D eigenvalue weighted by Crippen LogP contribution is -2.42. The van der Waals surface area contributed by atoms with Crippen molar-refractivity contribution in [3.05, 3.63) is 23.9 Å². The third-order valence-corrected chi connectivity index (χ3v) is 4.93. The molecule has 0 bridgehead atoms. The first kappa shape index (κ1) is 24.5. The second-order valence-electron chi connectivity index (χ2n) is 7.12. The number of aromatic nitrogens is 1. The van der Waals surface area contributed by atoms with Gasteiger partial charge < -0.3 is 20.9 Å². The molecule has 8 heteroatoms. The molecule has 1 atom stereocenters. The number of rotatable bonds is 8. The number of guanidine groups is 1. The molecule has 2 rings (SSSR count). The van der Waals surface area contributed by atoms with Crippen molar-refractivity contribution in [2.24, 2.45) is 16.6 Å². The van der Waals surface area contributed by atoms with Crippen LogP contribution in [0.2, 0.25) is 0 Å². The van der Waals surface area contributed by atoms with Crippen LogP contribution in [0.4, 0.5) is 5.82 Å². The minimum Gasteiger partial charge on any atom is -0.369 e. The molecule has 1 fully saturated rings. The first-order chi connectivity index (χ1) is 13.1. The molecule has 1 unspecified atom stereocenters. The van der Waals surface area contributed by atoms with E-state index in [1.54, 1.807) is 6.20 Å². The molecule has 0 spiro atoms. The van der Waals surface area contributed by atoms with Crippen molar-refractivity contribution in [1.29, 1.82) is 0 Å². The Labute approximate surface area is 186 Å². The fourth-order valence-corrected chi connectivity index (χ4v) is 3.37. The van der Waals surface area contributed by atoms with E-state index in [1.807, 2.05) is 6.07 Å². The number of nitrogens with zero attached hydrogens (tertiary/aromatic N) is 4. The van der Waals surface area contributed by atoms with Gasteiger partial charge in [0.05, 0.1) is 12.5 Å². The Balaban J connectivity index is 0.00000392. The van der Waals surface area contributed by atoms with E-state index < -0.39 is 0 Å². The molecule has 0 saturated carbocycles. The maximum absolute atomic E-state index is 11.6. The fourth-order valence-electron chi connectivity index (χ4n) is 3.37. The topological polar surface area (TPSA) is 86.8 Å². The predicted molar refractivity (Wildman–Crippen MR) is 126 cm³/mol. The van der Waals surface area contributed by atoms with E-state index in [1.165, 1.54) is 0 Å². The second-order valence-corrected chi connectivity index (χ2v) is 7.12. The van der Waals surface area contributed by atoms with Gasteiger partial charge in [0.2, 0.25) is 5.91 Å². The molecule has 1 aliphatic rings. The molecule has 1 aromatic rings. The number of pyridine rings is 1. The molecule has 0 aromatic carbocycles. The number of nitrogens with two attached hydrogens (primary N) is 1. The summed E-state index contributed by atoms with van der Waals surface area (Å²) in [7, 11) is 2.07. The molecular weight excluding hydrogens is 467 g/mol. The average Bonchev–Trinajstić information content (AvgIpc) is 2.69. The Bertz CT molecular complexity index is 639. The molecule has 7 nitrogen and oxygen atoms in total. The molecule has 158 valence electrons. The van der Waals surface area contributed by atoms with Gasteiger partial charge in [0.1, 0.15) is 5.82 Å². The number of amides is 1. The van der Waals surface area contributed by atoms with Crippen LogP contribution in [0.15, 0.2) is 23.3 Å². The van der Waals surface area contributed by atoms with Crippen LogP contribution in [-0.2, 0) is 11.3 Å². The zero-order valence-electron chi connectivity index (χ0n) is 17.4. The number of unbranched alkanes of at least 4 members (excludes halogenated alkanes) is 1. The number of hydrogen-bond donors (Lipinski definition) is 2. The molecule has 1 saturated heterocycles. The highest BCUT2D eigenvalue weighted by atomic mass is 127. The van der Waals surface area contributed by atoms with Gasteiger partial charge in [0.25, 0.3) is 0 Å². The highest BCUT2D eigenvalue weighted by Gasteiger charge is 2.25. The van der Waals surface area contributed by atoms with E-state index in [4.69, 9.17) is 10.7 Å². The summed E-state index contributed by atoms with van der Waals surface area (Å²) in [6.07, 6.45) is 5.91. The molecule has 0 aliphatic carbocycles. The number of carbonyl (C=O) groups is 1. The van der Waals surface area contributed by atoms with Gasteiger partial charge in [0, 0.05) is 45.0 Å². The van der Waals surface area contributed by atoms with Gasteiger partial charge in [-0.25, -0.2) is 9.98 Å². The first-order valence-electron chi connectivity index (χ1n) is 10.0. The monoisotopic (exact) mass is 502 g/mol. The normalized spacial score (nSPS) is 17.0. The van der Waals surface area contributed by atoms with Crippen LogP contribution in [0.3, 0.4) is 0 Å². The molecule has 1 aromatic heterocycles. The smallest absolute Gasteiger partial charge is 0.222 e. The molecular formula is C20H35IN6O. The van der Waals surface area contributed by atoms with E-state index >= 15 is 0 Å². The molecule has 0 radical (unpaired) electrons. The fraction of sp³-hybridized carbons (Fsp3) is 0.650. The molecule has 28 heavy (non-hydrogen) atoms. The zero-order valence-corrected chi connectivity index (χ0v) is 19.7. The van der Waals surface area contributed by atoms with E-state index in [0.717, 1.165) is 62.7 Å². The van der Waals surface area contributed by atoms with E-state index in [0.29, 0.717) is 13.1 Å². The molecule has 3 N–H and O–H groups in total. The number of nitrogens with one attached hydrogen (secondary N) is 1. The van der Waals surface area contributed by atoms with Crippen molar-refractivity contribution >= 4 is 41.7 Å². The van der Waals surface area contributed by atoms with Crippen molar-refractivity contribution in [2.75, 3.05) is 38.1 Å². The van der Waals surface area contributed by atoms with E-state index in [9.17, 15) is 4.79 Å². The van der Waals surface area contributed by atoms with Crippen LogP contribution in [-0.4, -0.2) is 55.0 Å². The van der Waals surface area contributed by atoms with Crippen molar-refractivity contribution in [3.8, 4) is 0 Å². The summed E-state index contributed by atoms with van der Waals surface area (Å²) in [5.41, 5.74) is 6.60. The van der Waals surface area contributed by atoms with Crippen LogP contribution in [0.1, 0.15) is 45.1 Å². The van der Waals surface area contributed by atoms with Gasteiger partial charge in [0.15, 0.2) is 5.96 Å². The third kappa shape index (κ3) is 7.10. The Kier molecular flexibility index (Phi) is 11.2. The number of hydrogen-bond acceptors (Lipinski definition) is 4. The molecule has 1 amide bonds. The number of aliphatic imine (C=N–C) groups is 1. The number of piperidine rings is 1. The number of anilines is 1. The van der Waals surface area contributed by atoms with Crippen LogP contribution in [0.25, 0.3) is 0 Å². The van der Waals surface area contributed by atoms with Gasteiger partial charge >= 0.3 is 0 Å². The van der Waals surface area contributed by atoms with Crippen LogP contribution in [0, 0.1) is 5.92 Å². The SMILES string of the molecule is CCCCN(C)C(=NCc1cccnc1N1CCCC(C(N)=O)C1)NCC.I. The first-order valence-corrected chi connectivity index (χ1v) is 10.0. The molecule has 1 aliphatic heterocycles. The summed E-state index contributed by atoms with van der Waals surface area (Å²) in [6.45, 7) is 8.18. The van der Waals surface area contributed by atoms with Crippen molar-refractivity contribution in [1.82, 2.24) is 15.2 Å². The lowest BCUT2D eigenvalue weighted by Gasteiger charge is -2.33. The Morgan fingerprint density at radius 3 is 2.93 bits per heavy atom. The molecule has 2 heterocycles. The minimum atomic E-state index is -0.220. The summed E-state index contributed by atoms with van der Waals surface area (Å²) in [5, 5.41) is 3.36. The lowest BCUT2D eigenvalue weighted by atomic mass is 9.97. The van der Waals surface area contributed by atoms with E-state index in [2.05, 4.69) is 47.1 Å². The Hall–Kier alpha value is -1.58. The Morgan fingerprint density at radius 2 is 2.25 bits per heavy atom. The van der Waals surface area contributed by atoms with Crippen LogP contribution in [0.5, 0.6) is 0 Å². The quantitative estimate of drug-likeness (QED) is 0.324. The summed E-state index contributed by atoms with van der Waals surface area (Å²) in [4.78, 5) is 25.4. The van der Waals surface area contributed by atoms with Gasteiger partial charge in [-0.2, -0.15) is 0 Å². The van der Waals surface area contributed by atoms with Crippen LogP contribution < -0.4 is 16.0 Å². The Morgan fingerprint density at radius 1 is 1.46 bits per heavy atom. The predicted octanol–water partition coefficient (Wildman–Crippen LogP) is 2.60. The average molecular weight is 502 g/mol. The highest BCUT2D eigenvalue weighted by molar-refractivity contribution is 14.0. The van der Waals surface area contributed by atoms with Crippen molar-refractivity contribution in [2.45, 2.75) is 46.1 Å². The minimum absolute atomic E-state index is 0. The largest absolute Gasteiger partial charge is 0.369 e. The lowest BCUT2D eigenvalue weighted by molar-refractivity contribution is -0.122. The second kappa shape index (κ2) is 12.8. The van der Waals surface area contributed by atoms with E-state index in [-0.39, 0.29) is 35.8 Å². The number of carbonyl (C=O) groups excluding carboxylic acids is 1.